The molecule has 3 N–H and O–H groups in total. The molecule has 5 heteroatoms. The molecule has 0 aliphatic carbocycles. The van der Waals surface area contributed by atoms with Crippen LogP contribution in [0.3, 0.4) is 0 Å². The maximum atomic E-state index is 6.17. The minimum Gasteiger partial charge on any atom is -0.493 e. The maximum absolute atomic E-state index is 6.17. The first-order valence-electron chi connectivity index (χ1n) is 5.71. The Bertz CT molecular complexity index is 509. The molecule has 17 heavy (non-hydrogen) atoms. The van der Waals surface area contributed by atoms with E-state index in [0.29, 0.717) is 5.82 Å². The van der Waals surface area contributed by atoms with Crippen LogP contribution in [-0.4, -0.2) is 21.8 Å². The van der Waals surface area contributed by atoms with Crippen molar-refractivity contribution >= 4 is 0 Å². The summed E-state index contributed by atoms with van der Waals surface area (Å²) < 4.78 is 5.73. The van der Waals surface area contributed by atoms with Crippen molar-refractivity contribution in [2.75, 3.05) is 6.61 Å². The van der Waals surface area contributed by atoms with Crippen molar-refractivity contribution in [2.24, 2.45) is 5.73 Å². The molecule has 1 aliphatic heterocycles. The molecular weight excluding hydrogens is 216 g/mol. The largest absolute Gasteiger partial charge is 0.493 e. The molecule has 0 fully saturated rings. The monoisotopic (exact) mass is 230 g/mol. The fourth-order valence-electron chi connectivity index (χ4n) is 2.17. The van der Waals surface area contributed by atoms with Gasteiger partial charge in [-0.3, -0.25) is 5.10 Å². The summed E-state index contributed by atoms with van der Waals surface area (Å²) in [6.07, 6.45) is 3.58. The zero-order chi connectivity index (χ0) is 11.7. The third-order valence-electron chi connectivity index (χ3n) is 3.03. The molecule has 0 bridgehead atoms. The van der Waals surface area contributed by atoms with Gasteiger partial charge in [-0.25, -0.2) is 4.98 Å². The van der Waals surface area contributed by atoms with Gasteiger partial charge in [-0.05, 0) is 18.4 Å². The number of hydrogen-bond donors (Lipinski definition) is 2. The van der Waals surface area contributed by atoms with Crippen LogP contribution in [0.4, 0.5) is 0 Å². The van der Waals surface area contributed by atoms with E-state index in [4.69, 9.17) is 10.5 Å². The first kappa shape index (κ1) is 10.3. The minimum atomic E-state index is -0.314. The quantitative estimate of drug-likeness (QED) is 0.812. The van der Waals surface area contributed by atoms with Gasteiger partial charge in [0.1, 0.15) is 17.9 Å². The van der Waals surface area contributed by atoms with E-state index in [-0.39, 0.29) is 6.04 Å². The number of aryl methyl sites for hydroxylation is 1. The molecule has 3 rings (SSSR count). The molecule has 1 unspecified atom stereocenters. The SMILES string of the molecule is NC(c1ncn[nH]1)c1cccc2c1OCCC2. The topological polar surface area (TPSA) is 76.8 Å². The number of para-hydroxylation sites is 1. The molecule has 5 nitrogen and oxygen atoms in total. The fraction of sp³-hybridized carbons (Fsp3) is 0.333. The Labute approximate surface area is 99.0 Å². The van der Waals surface area contributed by atoms with Crippen LogP contribution in [-0.2, 0) is 6.42 Å². The molecule has 2 heterocycles. The van der Waals surface area contributed by atoms with E-state index in [1.807, 2.05) is 12.1 Å². The second kappa shape index (κ2) is 4.18. The molecule has 1 atom stereocenters. The standard InChI is InChI=1S/C12H14N4O/c13-10(12-14-7-15-16-12)9-5-1-3-8-4-2-6-17-11(8)9/h1,3,5,7,10H,2,4,6,13H2,(H,14,15,16). The van der Waals surface area contributed by atoms with Gasteiger partial charge in [0.25, 0.3) is 0 Å². The Balaban J connectivity index is 2.03. The first-order valence-corrected chi connectivity index (χ1v) is 5.71. The second-order valence-electron chi connectivity index (χ2n) is 4.14. The Morgan fingerprint density at radius 3 is 3.18 bits per heavy atom. The predicted molar refractivity (Wildman–Crippen MR) is 62.7 cm³/mol. The average molecular weight is 230 g/mol. The summed E-state index contributed by atoms with van der Waals surface area (Å²) in [4.78, 5) is 4.09. The molecule has 1 aromatic heterocycles. The van der Waals surface area contributed by atoms with Gasteiger partial charge in [0, 0.05) is 5.56 Å². The van der Waals surface area contributed by atoms with Crippen LogP contribution in [0.2, 0.25) is 0 Å². The lowest BCUT2D eigenvalue weighted by atomic mass is 9.98. The Kier molecular flexibility index (Phi) is 2.53. The highest BCUT2D eigenvalue weighted by Gasteiger charge is 2.21. The van der Waals surface area contributed by atoms with Gasteiger partial charge in [0.15, 0.2) is 0 Å². The lowest BCUT2D eigenvalue weighted by Crippen LogP contribution is -2.18. The number of ether oxygens (including phenoxy) is 1. The van der Waals surface area contributed by atoms with Gasteiger partial charge in [-0.2, -0.15) is 5.10 Å². The van der Waals surface area contributed by atoms with Gasteiger partial charge in [0.2, 0.25) is 0 Å². The lowest BCUT2D eigenvalue weighted by molar-refractivity contribution is 0.284. The fourth-order valence-corrected chi connectivity index (χ4v) is 2.17. The number of nitrogens with zero attached hydrogens (tertiary/aromatic N) is 2. The Morgan fingerprint density at radius 1 is 1.41 bits per heavy atom. The molecular formula is C12H14N4O. The van der Waals surface area contributed by atoms with Gasteiger partial charge in [-0.15, -0.1) is 0 Å². The van der Waals surface area contributed by atoms with Crippen LogP contribution in [0.25, 0.3) is 0 Å². The van der Waals surface area contributed by atoms with Crippen LogP contribution in [0.5, 0.6) is 5.75 Å². The van der Waals surface area contributed by atoms with E-state index in [2.05, 4.69) is 21.2 Å². The van der Waals surface area contributed by atoms with Crippen LogP contribution in [0, 0.1) is 0 Å². The molecule has 1 aliphatic rings. The summed E-state index contributed by atoms with van der Waals surface area (Å²) in [7, 11) is 0. The number of aromatic amines is 1. The van der Waals surface area contributed by atoms with E-state index in [9.17, 15) is 0 Å². The van der Waals surface area contributed by atoms with E-state index < -0.39 is 0 Å². The normalized spacial score (nSPS) is 16.1. The van der Waals surface area contributed by atoms with E-state index >= 15 is 0 Å². The van der Waals surface area contributed by atoms with Crippen molar-refractivity contribution in [3.8, 4) is 5.75 Å². The minimum absolute atomic E-state index is 0.314. The molecule has 88 valence electrons. The van der Waals surface area contributed by atoms with Crippen molar-refractivity contribution < 1.29 is 4.74 Å². The zero-order valence-electron chi connectivity index (χ0n) is 9.39. The Morgan fingerprint density at radius 2 is 2.35 bits per heavy atom. The summed E-state index contributed by atoms with van der Waals surface area (Å²) in [5, 5.41) is 6.62. The number of benzene rings is 1. The molecule has 0 radical (unpaired) electrons. The van der Waals surface area contributed by atoms with Crippen molar-refractivity contribution in [3.05, 3.63) is 41.5 Å². The highest BCUT2D eigenvalue weighted by atomic mass is 16.5. The van der Waals surface area contributed by atoms with Gasteiger partial charge in [-0.1, -0.05) is 18.2 Å². The average Bonchev–Trinajstić information content (AvgIpc) is 2.91. The van der Waals surface area contributed by atoms with E-state index in [1.165, 1.54) is 11.9 Å². The third-order valence-corrected chi connectivity index (χ3v) is 3.03. The van der Waals surface area contributed by atoms with Gasteiger partial charge < -0.3 is 10.5 Å². The summed E-state index contributed by atoms with van der Waals surface area (Å²) in [6.45, 7) is 0.757. The summed E-state index contributed by atoms with van der Waals surface area (Å²) in [5.74, 6) is 1.58. The van der Waals surface area contributed by atoms with E-state index in [0.717, 1.165) is 30.8 Å². The molecule has 0 spiro atoms. The van der Waals surface area contributed by atoms with Crippen molar-refractivity contribution in [1.82, 2.24) is 15.2 Å². The molecule has 0 saturated carbocycles. The maximum Gasteiger partial charge on any atom is 0.145 e. The summed E-state index contributed by atoms with van der Waals surface area (Å²) >= 11 is 0. The molecule has 0 amide bonds. The number of nitrogens with one attached hydrogen (secondary N) is 1. The molecule has 2 aromatic rings. The smallest absolute Gasteiger partial charge is 0.145 e. The van der Waals surface area contributed by atoms with Crippen molar-refractivity contribution in [3.63, 3.8) is 0 Å². The number of H-pyrrole nitrogens is 1. The van der Waals surface area contributed by atoms with E-state index in [1.54, 1.807) is 0 Å². The lowest BCUT2D eigenvalue weighted by Gasteiger charge is -2.22. The zero-order valence-corrected chi connectivity index (χ0v) is 9.39. The molecule has 1 aromatic carbocycles. The number of hydrogen-bond acceptors (Lipinski definition) is 4. The predicted octanol–water partition coefficient (Wildman–Crippen LogP) is 1.18. The van der Waals surface area contributed by atoms with Crippen LogP contribution < -0.4 is 10.5 Å². The van der Waals surface area contributed by atoms with Crippen LogP contribution in [0.1, 0.15) is 29.4 Å². The highest BCUT2D eigenvalue weighted by molar-refractivity contribution is 5.45. The number of aromatic nitrogens is 3. The number of rotatable bonds is 2. The summed E-state index contributed by atoms with van der Waals surface area (Å²) in [5.41, 5.74) is 8.37. The van der Waals surface area contributed by atoms with Crippen molar-refractivity contribution in [1.29, 1.82) is 0 Å². The highest BCUT2D eigenvalue weighted by Crippen LogP contribution is 2.33. The summed E-state index contributed by atoms with van der Waals surface area (Å²) in [6, 6.07) is 5.77. The van der Waals surface area contributed by atoms with Crippen LogP contribution >= 0.6 is 0 Å². The van der Waals surface area contributed by atoms with Crippen molar-refractivity contribution in [2.45, 2.75) is 18.9 Å². The number of nitrogens with two attached hydrogens (primary N) is 1. The van der Waals surface area contributed by atoms with Crippen LogP contribution in [0.15, 0.2) is 24.5 Å². The number of fused-ring (bicyclic) bond motifs is 1. The Hall–Kier alpha value is -1.88. The molecule has 0 saturated heterocycles. The first-order chi connectivity index (χ1) is 8.36. The third kappa shape index (κ3) is 1.78. The second-order valence-corrected chi connectivity index (χ2v) is 4.14. The van der Waals surface area contributed by atoms with Gasteiger partial charge >= 0.3 is 0 Å². The van der Waals surface area contributed by atoms with Gasteiger partial charge in [0.05, 0.1) is 12.6 Å².